The minimum atomic E-state index is -1.48. The van der Waals surface area contributed by atoms with Crippen LogP contribution in [0.4, 0.5) is 0 Å². The number of hydrogen-bond donors (Lipinski definition) is 2. The molecule has 1 aliphatic rings. The molecule has 0 aliphatic carbocycles. The van der Waals surface area contributed by atoms with Crippen LogP contribution in [0.2, 0.25) is 0 Å². The van der Waals surface area contributed by atoms with Crippen LogP contribution < -0.4 is 11.2 Å². The second-order valence-electron chi connectivity index (χ2n) is 8.23. The number of aryl methyl sites for hydroxylation is 1. The van der Waals surface area contributed by atoms with Crippen LogP contribution in [0, 0.1) is 6.92 Å². The van der Waals surface area contributed by atoms with E-state index in [0.717, 1.165) is 22.2 Å². The number of rotatable bonds is 9. The molecule has 4 rings (SSSR count). The van der Waals surface area contributed by atoms with E-state index in [0.29, 0.717) is 6.61 Å². The summed E-state index contributed by atoms with van der Waals surface area (Å²) in [5.41, 5.74) is -0.608. The molecule has 0 spiro atoms. The lowest BCUT2D eigenvalue weighted by Gasteiger charge is -2.33. The van der Waals surface area contributed by atoms with E-state index in [1.165, 1.54) is 12.3 Å². The number of benzene rings is 2. The van der Waals surface area contributed by atoms with Gasteiger partial charge in [-0.25, -0.2) is 4.79 Å². The molecule has 1 saturated heterocycles. The fourth-order valence-corrected chi connectivity index (χ4v) is 4.00. The Kier molecular flexibility index (Phi) is 6.82. The Labute approximate surface area is 198 Å². The molecule has 8 nitrogen and oxygen atoms in total. The van der Waals surface area contributed by atoms with Gasteiger partial charge in [-0.15, -0.1) is 6.55 Å². The highest BCUT2D eigenvalue weighted by Crippen LogP contribution is 2.41. The molecule has 0 saturated carbocycles. The summed E-state index contributed by atoms with van der Waals surface area (Å²) < 4.78 is 27.2. The molecular weight excluding hydrogens is 436 g/mol. The zero-order valence-corrected chi connectivity index (χ0v) is 18.8. The van der Waals surface area contributed by atoms with Crippen molar-refractivity contribution >= 4 is 0 Å². The molecule has 0 bridgehead atoms. The van der Waals surface area contributed by atoms with E-state index in [2.05, 4.69) is 4.98 Å². The molecule has 1 unspecified atom stereocenters. The molecule has 1 fully saturated rings. The quantitative estimate of drug-likeness (QED) is 0.471. The predicted octanol–water partition coefficient (Wildman–Crippen LogP) is 2.46. The number of aliphatic hydroxyl groups is 1. The predicted molar refractivity (Wildman–Crippen MR) is 126 cm³/mol. The average molecular weight is 466 g/mol. The zero-order chi connectivity index (χ0) is 24.8. The normalized spacial score (nSPS) is 25.0. The molecule has 8 heteroatoms. The highest BCUT2D eigenvalue weighted by atomic mass is 16.6. The van der Waals surface area contributed by atoms with Crippen molar-refractivity contribution in [1.82, 2.24) is 9.55 Å². The number of nitrogens with one attached hydrogen (secondary N) is 1. The van der Waals surface area contributed by atoms with Crippen LogP contribution in [0.3, 0.4) is 0 Å². The van der Waals surface area contributed by atoms with Crippen LogP contribution in [0.15, 0.2) is 89.1 Å². The fourth-order valence-electron chi connectivity index (χ4n) is 4.00. The van der Waals surface area contributed by atoms with Gasteiger partial charge >= 0.3 is 5.69 Å². The lowest BCUT2D eigenvalue weighted by atomic mass is 9.91. The third kappa shape index (κ3) is 4.80. The molecule has 4 atom stereocenters. The van der Waals surface area contributed by atoms with E-state index in [4.69, 9.17) is 15.6 Å². The van der Waals surface area contributed by atoms with Crippen molar-refractivity contribution in [1.29, 1.82) is 0 Å². The van der Waals surface area contributed by atoms with E-state index in [1.807, 2.05) is 60.7 Å². The maximum Gasteiger partial charge on any atom is 0.330 e. The maximum absolute atomic E-state index is 12.6. The summed E-state index contributed by atoms with van der Waals surface area (Å²) in [6.45, 7) is 3.05. The van der Waals surface area contributed by atoms with Gasteiger partial charge in [0.25, 0.3) is 5.56 Å². The van der Waals surface area contributed by atoms with Gasteiger partial charge in [0, 0.05) is 11.8 Å². The minimum absolute atomic E-state index is 0.0265. The van der Waals surface area contributed by atoms with Crippen LogP contribution in [0.1, 0.15) is 24.3 Å². The first-order valence-electron chi connectivity index (χ1n) is 11.5. The molecule has 0 radical (unpaired) electrons. The third-order valence-electron chi connectivity index (χ3n) is 5.93. The van der Waals surface area contributed by atoms with Gasteiger partial charge in [0.05, 0.1) is 21.2 Å². The van der Waals surface area contributed by atoms with Gasteiger partial charge < -0.3 is 19.3 Å². The molecule has 34 heavy (non-hydrogen) atoms. The van der Waals surface area contributed by atoms with Crippen molar-refractivity contribution < 1.29 is 20.7 Å². The highest BCUT2D eigenvalue weighted by molar-refractivity contribution is 5.18. The van der Waals surface area contributed by atoms with Crippen LogP contribution in [-0.2, 0) is 27.4 Å². The molecule has 1 aliphatic heterocycles. The molecule has 3 aromatic rings. The smallest absolute Gasteiger partial charge is 0.330 e. The second-order valence-corrected chi connectivity index (χ2v) is 8.23. The number of aromatic nitrogens is 2. The molecule has 0 amide bonds. The molecule has 178 valence electrons. The van der Waals surface area contributed by atoms with Gasteiger partial charge in [-0.1, -0.05) is 66.7 Å². The highest BCUT2D eigenvalue weighted by Gasteiger charge is 2.56. The summed E-state index contributed by atoms with van der Waals surface area (Å²) >= 11 is 0. The summed E-state index contributed by atoms with van der Waals surface area (Å²) in [5, 5.41) is 11.4. The van der Waals surface area contributed by atoms with Gasteiger partial charge in [-0.05, 0) is 18.1 Å². The van der Waals surface area contributed by atoms with E-state index in [-0.39, 0.29) is 18.8 Å². The lowest BCUT2D eigenvalue weighted by Crippen LogP contribution is -2.50. The molecular formula is C26H28N2O6. The summed E-state index contributed by atoms with van der Waals surface area (Å²) in [7, 11) is 0. The Morgan fingerprint density at radius 1 is 1.15 bits per heavy atom. The summed E-state index contributed by atoms with van der Waals surface area (Å²) in [5.74, 6) is 0. The van der Waals surface area contributed by atoms with Gasteiger partial charge in [-0.3, -0.25) is 14.3 Å². The molecule has 2 heterocycles. The largest absolute Gasteiger partial charge is 0.385 e. The van der Waals surface area contributed by atoms with Gasteiger partial charge in [0.2, 0.25) is 0 Å². The average Bonchev–Trinajstić information content (AvgIpc) is 3.13. The van der Waals surface area contributed by atoms with Crippen molar-refractivity contribution in [3.63, 3.8) is 0 Å². The Balaban J connectivity index is 1.65. The van der Waals surface area contributed by atoms with E-state index < -0.39 is 35.3 Å². The molecule has 1 aromatic heterocycles. The minimum Gasteiger partial charge on any atom is -0.385 e. The number of H-pyrrole nitrogens is 1. The van der Waals surface area contributed by atoms with E-state index >= 15 is 0 Å². The second kappa shape index (κ2) is 10.3. The van der Waals surface area contributed by atoms with Crippen LogP contribution in [0.25, 0.3) is 0 Å². The summed E-state index contributed by atoms with van der Waals surface area (Å²) in [6, 6.07) is 19.0. The van der Waals surface area contributed by atoms with Crippen molar-refractivity contribution in [2.24, 2.45) is 0 Å². The number of ether oxygens (including phenoxy) is 3. The number of aromatic amines is 1. The van der Waals surface area contributed by atoms with E-state index in [1.54, 1.807) is 6.92 Å². The number of aliphatic hydroxyl groups excluding tert-OH is 1. The van der Waals surface area contributed by atoms with Crippen molar-refractivity contribution in [2.75, 3.05) is 6.61 Å². The first kappa shape index (κ1) is 22.5. The Morgan fingerprint density at radius 3 is 2.44 bits per heavy atom. The topological polar surface area (TPSA) is 103 Å². The first-order valence-corrected chi connectivity index (χ1v) is 11.0. The Morgan fingerprint density at radius 2 is 1.79 bits per heavy atom. The number of nitrogens with zero attached hydrogens (tertiary/aromatic N) is 1. The van der Waals surface area contributed by atoms with Gasteiger partial charge in [0.15, 0.2) is 6.23 Å². The molecule has 2 N–H and O–H groups in total. The Hall–Kier alpha value is -3.30. The van der Waals surface area contributed by atoms with Crippen molar-refractivity contribution in [3.8, 4) is 0 Å². The third-order valence-corrected chi connectivity index (χ3v) is 5.93. The lowest BCUT2D eigenvalue weighted by molar-refractivity contribution is -0.123. The zero-order valence-electron chi connectivity index (χ0n) is 19.8. The summed E-state index contributed by atoms with van der Waals surface area (Å²) in [6.07, 6.45) is -0.637. The van der Waals surface area contributed by atoms with Crippen LogP contribution in [0.5, 0.6) is 0 Å². The van der Waals surface area contributed by atoms with Crippen molar-refractivity contribution in [3.05, 3.63) is 117 Å². The van der Waals surface area contributed by atoms with Crippen molar-refractivity contribution in [2.45, 2.75) is 44.2 Å². The monoisotopic (exact) mass is 465 g/mol. The fraction of sp³-hybridized carbons (Fsp3) is 0.308. The molecule has 2 aromatic carbocycles. The number of hydrogen-bond acceptors (Lipinski definition) is 6. The SMILES string of the molecule is [2H]C=C[C@@]1(OCc2ccccc2)[C@@H](COCc2ccccc2)OC(n2cc(C)c(=O)[nH]c2=O)[C@@H]1O. The Bertz CT molecular complexity index is 1260. The van der Waals surface area contributed by atoms with Crippen LogP contribution in [-0.4, -0.2) is 39.1 Å². The summed E-state index contributed by atoms with van der Waals surface area (Å²) in [4.78, 5) is 26.7. The standard InChI is InChI=1S/C26H28N2O6/c1-3-26(33-16-20-12-8-5-9-13-20)21(17-32-15-19-10-6-4-7-11-19)34-24(22(26)29)28-14-18(2)23(30)27-25(28)31/h3-14,21-22,24,29H,1,15-17H2,2H3,(H,27,30,31)/t21-,22+,24?,26-/m1/s1/i1D. The first-order chi connectivity index (χ1) is 16.9. The van der Waals surface area contributed by atoms with Gasteiger partial charge in [-0.2, -0.15) is 0 Å². The van der Waals surface area contributed by atoms with E-state index in [9.17, 15) is 14.7 Å². The van der Waals surface area contributed by atoms with Crippen LogP contribution >= 0.6 is 0 Å². The van der Waals surface area contributed by atoms with Gasteiger partial charge in [0.1, 0.15) is 17.8 Å². The maximum atomic E-state index is 12.6.